The summed E-state index contributed by atoms with van der Waals surface area (Å²) in [5, 5.41) is 0. The molecule has 0 aromatic heterocycles. The molecule has 4 aromatic carbocycles. The maximum absolute atomic E-state index is 15.6. The maximum Gasteiger partial charge on any atom is 0.338 e. The van der Waals surface area contributed by atoms with Crippen LogP contribution in [0.1, 0.15) is 61.7 Å². The van der Waals surface area contributed by atoms with E-state index in [1.807, 2.05) is 0 Å². The van der Waals surface area contributed by atoms with Gasteiger partial charge in [-0.1, -0.05) is 55.5 Å². The molecule has 0 radical (unpaired) electrons. The van der Waals surface area contributed by atoms with Crippen molar-refractivity contribution in [3.8, 4) is 0 Å². The first-order valence-electron chi connectivity index (χ1n) is 12.5. The third kappa shape index (κ3) is 4.92. The van der Waals surface area contributed by atoms with E-state index in [4.69, 9.17) is 9.47 Å². The highest BCUT2D eigenvalue weighted by atomic mass is 19.1. The van der Waals surface area contributed by atoms with Crippen LogP contribution in [-0.2, 0) is 9.47 Å². The third-order valence-corrected chi connectivity index (χ3v) is 7.18. The first-order chi connectivity index (χ1) is 18.8. The molecule has 1 aliphatic carbocycles. The van der Waals surface area contributed by atoms with Gasteiger partial charge in [0, 0.05) is 22.6 Å². The van der Waals surface area contributed by atoms with Gasteiger partial charge in [0.25, 0.3) is 0 Å². The minimum atomic E-state index is -1.38. The number of esters is 2. The summed E-state index contributed by atoms with van der Waals surface area (Å²) >= 11 is 0. The van der Waals surface area contributed by atoms with Crippen LogP contribution in [0.3, 0.4) is 0 Å². The normalized spacial score (nSPS) is 20.1. The van der Waals surface area contributed by atoms with Gasteiger partial charge in [-0.15, -0.1) is 0 Å². The first-order valence-corrected chi connectivity index (χ1v) is 12.5. The second-order valence-corrected chi connectivity index (χ2v) is 9.57. The van der Waals surface area contributed by atoms with Crippen LogP contribution in [0.2, 0.25) is 0 Å². The van der Waals surface area contributed by atoms with E-state index in [9.17, 15) is 9.59 Å². The quantitative estimate of drug-likeness (QED) is 0.258. The summed E-state index contributed by atoms with van der Waals surface area (Å²) in [6.07, 6.45) is -2.64. The van der Waals surface area contributed by atoms with Crippen molar-refractivity contribution in [2.75, 3.05) is 0 Å². The Kier molecular flexibility index (Phi) is 7.24. The Morgan fingerprint density at radius 1 is 0.590 bits per heavy atom. The van der Waals surface area contributed by atoms with Crippen LogP contribution in [0, 0.1) is 24.4 Å². The predicted octanol–water partition coefficient (Wildman–Crippen LogP) is 7.11. The van der Waals surface area contributed by atoms with E-state index in [-0.39, 0.29) is 27.8 Å². The molecule has 198 valence electrons. The molecule has 4 nitrogen and oxygen atoms in total. The van der Waals surface area contributed by atoms with Gasteiger partial charge in [-0.25, -0.2) is 22.8 Å². The lowest BCUT2D eigenvalue weighted by Gasteiger charge is -2.42. The maximum atomic E-state index is 15.6. The van der Waals surface area contributed by atoms with Gasteiger partial charge in [-0.05, 0) is 55.0 Å². The Bertz CT molecular complexity index is 1500. The molecule has 0 bridgehead atoms. The fraction of sp³-hybridized carbons (Fsp3) is 0.188. The lowest BCUT2D eigenvalue weighted by atomic mass is 9.69. The Balaban J connectivity index is 1.71. The summed E-state index contributed by atoms with van der Waals surface area (Å²) in [7, 11) is 0. The van der Waals surface area contributed by atoms with Gasteiger partial charge >= 0.3 is 11.9 Å². The van der Waals surface area contributed by atoms with Crippen LogP contribution in [-0.4, -0.2) is 24.1 Å². The molecule has 0 amide bonds. The summed E-state index contributed by atoms with van der Waals surface area (Å²) in [5.41, 5.74) is 0.712. The zero-order valence-corrected chi connectivity index (χ0v) is 21.2. The molecule has 0 aliphatic heterocycles. The molecular weight excluding hydrogens is 505 g/mol. The smallest absolute Gasteiger partial charge is 0.338 e. The summed E-state index contributed by atoms with van der Waals surface area (Å²) in [6.45, 7) is 3.20. The number of benzene rings is 4. The zero-order valence-electron chi connectivity index (χ0n) is 21.2. The number of ether oxygens (including phenoxy) is 2. The van der Waals surface area contributed by atoms with E-state index >= 15 is 13.2 Å². The van der Waals surface area contributed by atoms with Gasteiger partial charge in [-0.3, -0.25) is 0 Å². The molecule has 4 unspecified atom stereocenters. The Morgan fingerprint density at radius 2 is 1.08 bits per heavy atom. The van der Waals surface area contributed by atoms with Crippen molar-refractivity contribution in [3.63, 3.8) is 0 Å². The second kappa shape index (κ2) is 10.8. The molecule has 5 rings (SSSR count). The van der Waals surface area contributed by atoms with E-state index in [1.54, 1.807) is 68.4 Å². The van der Waals surface area contributed by atoms with Crippen LogP contribution >= 0.6 is 0 Å². The Labute approximate surface area is 224 Å². The molecule has 0 N–H and O–H groups in total. The van der Waals surface area contributed by atoms with E-state index in [1.165, 1.54) is 24.3 Å². The lowest BCUT2D eigenvalue weighted by Crippen LogP contribution is -2.47. The molecule has 0 heterocycles. The van der Waals surface area contributed by atoms with Gasteiger partial charge in [0.15, 0.2) is 6.10 Å². The number of carbonyl (C=O) groups excluding carboxylic acids is 2. The van der Waals surface area contributed by atoms with Crippen molar-refractivity contribution in [1.82, 2.24) is 0 Å². The molecule has 0 fully saturated rings. The number of halogens is 3. The lowest BCUT2D eigenvalue weighted by molar-refractivity contribution is -0.0545. The molecule has 39 heavy (non-hydrogen) atoms. The highest BCUT2D eigenvalue weighted by molar-refractivity contribution is 5.90. The van der Waals surface area contributed by atoms with Crippen LogP contribution in [0.5, 0.6) is 0 Å². The van der Waals surface area contributed by atoms with Crippen molar-refractivity contribution in [1.29, 1.82) is 0 Å². The zero-order chi connectivity index (χ0) is 27.7. The van der Waals surface area contributed by atoms with Gasteiger partial charge < -0.3 is 9.47 Å². The number of aryl methyl sites for hydroxylation is 1. The van der Waals surface area contributed by atoms with E-state index < -0.39 is 53.4 Å². The van der Waals surface area contributed by atoms with Gasteiger partial charge in [0.1, 0.15) is 23.6 Å². The first kappa shape index (κ1) is 26.2. The van der Waals surface area contributed by atoms with Crippen molar-refractivity contribution in [2.45, 2.75) is 37.9 Å². The fourth-order valence-corrected chi connectivity index (χ4v) is 5.35. The van der Waals surface area contributed by atoms with E-state index in [0.717, 1.165) is 12.1 Å². The minimum Gasteiger partial charge on any atom is -0.454 e. The second-order valence-electron chi connectivity index (χ2n) is 9.57. The summed E-state index contributed by atoms with van der Waals surface area (Å²) in [4.78, 5) is 26.5. The summed E-state index contributed by atoms with van der Waals surface area (Å²) < 4.78 is 58.3. The number of hydrogen-bond acceptors (Lipinski definition) is 4. The predicted molar refractivity (Wildman–Crippen MR) is 139 cm³/mol. The standard InChI is InChI=1S/C32H25F3O4/c1-18-10-9-15-22(33)25(18)28-27-24(35)17-16-23(34)26(27)19(2)29(38-31(36)20-11-5-3-6-12-20)30(28)39-32(37)21-13-7-4-8-14-21/h3-17,19,28-30H,1-2H3. The fourth-order valence-electron chi connectivity index (χ4n) is 5.35. The average Bonchev–Trinajstić information content (AvgIpc) is 2.94. The van der Waals surface area contributed by atoms with Gasteiger partial charge in [0.05, 0.1) is 17.0 Å². The van der Waals surface area contributed by atoms with Crippen molar-refractivity contribution in [3.05, 3.63) is 142 Å². The number of carbonyl (C=O) groups is 2. The van der Waals surface area contributed by atoms with Crippen molar-refractivity contribution in [2.24, 2.45) is 0 Å². The van der Waals surface area contributed by atoms with Crippen LogP contribution < -0.4 is 0 Å². The summed E-state index contributed by atoms with van der Waals surface area (Å²) in [6, 6.07) is 22.5. The van der Waals surface area contributed by atoms with Gasteiger partial charge in [-0.2, -0.15) is 0 Å². The van der Waals surface area contributed by atoms with Crippen LogP contribution in [0.15, 0.2) is 91.0 Å². The minimum absolute atomic E-state index is 0.0294. The largest absolute Gasteiger partial charge is 0.454 e. The number of hydrogen-bond donors (Lipinski definition) is 0. The Morgan fingerprint density at radius 3 is 1.62 bits per heavy atom. The monoisotopic (exact) mass is 530 g/mol. The number of fused-ring (bicyclic) bond motifs is 1. The molecular formula is C32H25F3O4. The molecule has 7 heteroatoms. The van der Waals surface area contributed by atoms with E-state index in [2.05, 4.69) is 0 Å². The Hall–Kier alpha value is -4.39. The molecule has 4 atom stereocenters. The molecule has 4 aromatic rings. The molecule has 0 spiro atoms. The topological polar surface area (TPSA) is 52.6 Å². The number of rotatable bonds is 5. The van der Waals surface area contributed by atoms with Crippen LogP contribution in [0.4, 0.5) is 13.2 Å². The molecule has 1 aliphatic rings. The molecule has 0 saturated heterocycles. The highest BCUT2D eigenvalue weighted by Crippen LogP contribution is 2.48. The van der Waals surface area contributed by atoms with E-state index in [0.29, 0.717) is 5.56 Å². The van der Waals surface area contributed by atoms with Gasteiger partial charge in [0.2, 0.25) is 0 Å². The van der Waals surface area contributed by atoms with Crippen molar-refractivity contribution >= 4 is 11.9 Å². The summed E-state index contributed by atoms with van der Waals surface area (Å²) in [5.74, 6) is -5.93. The highest BCUT2D eigenvalue weighted by Gasteiger charge is 2.50. The van der Waals surface area contributed by atoms with Crippen molar-refractivity contribution < 1.29 is 32.2 Å². The average molecular weight is 531 g/mol. The van der Waals surface area contributed by atoms with Crippen LogP contribution in [0.25, 0.3) is 0 Å². The SMILES string of the molecule is Cc1cccc(F)c1C1c2c(F)ccc(F)c2C(C)C(OC(=O)c2ccccc2)C1OC(=O)c1ccccc1. The molecule has 0 saturated carbocycles. The third-order valence-electron chi connectivity index (χ3n) is 7.18.